The van der Waals surface area contributed by atoms with E-state index in [9.17, 15) is 9.90 Å². The number of aliphatic hydroxyl groups is 1. The molecule has 1 saturated heterocycles. The molecule has 40 heavy (non-hydrogen) atoms. The fourth-order valence-electron chi connectivity index (χ4n) is 5.55. The van der Waals surface area contributed by atoms with Gasteiger partial charge in [-0.3, -0.25) is 9.69 Å². The molecule has 0 amide bonds. The van der Waals surface area contributed by atoms with Crippen molar-refractivity contribution in [1.29, 1.82) is 0 Å². The van der Waals surface area contributed by atoms with E-state index >= 15 is 0 Å². The lowest BCUT2D eigenvalue weighted by molar-refractivity contribution is -0.171. The smallest absolute Gasteiger partial charge is 0.327 e. The van der Waals surface area contributed by atoms with Gasteiger partial charge in [0.1, 0.15) is 24.0 Å². The average molecular weight is 536 g/mol. The Morgan fingerprint density at radius 2 is 1.23 bits per heavy atom. The molecule has 0 aliphatic carbocycles. The zero-order chi connectivity index (χ0) is 28.1. The Bertz CT molecular complexity index is 1320. The molecule has 0 radical (unpaired) electrons. The van der Waals surface area contributed by atoms with Crippen molar-refractivity contribution in [3.8, 4) is 0 Å². The topological polar surface area (TPSA) is 59.0 Å². The minimum atomic E-state index is -1.14. The lowest BCUT2D eigenvalue weighted by Gasteiger charge is -2.40. The minimum Gasteiger partial charge on any atom is -0.459 e. The average Bonchev–Trinajstić information content (AvgIpc) is 3.38. The number of carbonyl (C=O) groups is 1. The van der Waals surface area contributed by atoms with Crippen LogP contribution in [0.3, 0.4) is 0 Å². The molecule has 0 aromatic heterocycles. The van der Waals surface area contributed by atoms with Crippen molar-refractivity contribution < 1.29 is 19.4 Å². The van der Waals surface area contributed by atoms with Crippen LogP contribution >= 0.6 is 0 Å². The Morgan fingerprint density at radius 1 is 0.775 bits per heavy atom. The van der Waals surface area contributed by atoms with Gasteiger partial charge in [-0.2, -0.15) is 0 Å². The van der Waals surface area contributed by atoms with Gasteiger partial charge in [0.05, 0.1) is 12.6 Å². The van der Waals surface area contributed by atoms with Crippen LogP contribution in [0, 0.1) is 0 Å². The van der Waals surface area contributed by atoms with Gasteiger partial charge in [-0.15, -0.1) is 0 Å². The Hall–Kier alpha value is -3.77. The zero-order valence-corrected chi connectivity index (χ0v) is 23.3. The number of carbonyl (C=O) groups excluding carboxylic acids is 1. The number of benzene rings is 4. The van der Waals surface area contributed by atoms with Crippen LogP contribution in [-0.2, 0) is 14.3 Å². The normalized spacial score (nSPS) is 19.3. The standard InChI is InChI=1S/C35H37NO4/c1-35(2,3)40-34(38)31(32(37)28-22-14-7-15-23-28)36-29(25-16-8-4-9-17-25)24-39-33(36)30(26-18-10-5-11-19-26)27-20-12-6-13-21-27/h4-23,29-33,37H,24H2,1-3H3/t29-,31+,32+,33+/m0/s1. The lowest BCUT2D eigenvalue weighted by Crippen LogP contribution is -2.52. The van der Waals surface area contributed by atoms with Crippen LogP contribution in [0.25, 0.3) is 0 Å². The summed E-state index contributed by atoms with van der Waals surface area (Å²) in [6.07, 6.45) is -1.69. The van der Waals surface area contributed by atoms with Gasteiger partial charge < -0.3 is 14.6 Å². The maximum Gasteiger partial charge on any atom is 0.327 e. The molecule has 4 atom stereocenters. The van der Waals surface area contributed by atoms with Gasteiger partial charge in [0.25, 0.3) is 0 Å². The van der Waals surface area contributed by atoms with Crippen LogP contribution in [0.4, 0.5) is 0 Å². The first-order valence-electron chi connectivity index (χ1n) is 13.8. The largest absolute Gasteiger partial charge is 0.459 e. The highest BCUT2D eigenvalue weighted by atomic mass is 16.6. The number of ether oxygens (including phenoxy) is 2. The Labute approximate surface area is 237 Å². The summed E-state index contributed by atoms with van der Waals surface area (Å²) in [5, 5.41) is 11.9. The highest BCUT2D eigenvalue weighted by molar-refractivity contribution is 5.77. The van der Waals surface area contributed by atoms with E-state index in [1.165, 1.54) is 0 Å². The van der Waals surface area contributed by atoms with Gasteiger partial charge in [0, 0.05) is 5.92 Å². The molecule has 0 bridgehead atoms. The molecule has 5 nitrogen and oxygen atoms in total. The van der Waals surface area contributed by atoms with Crippen LogP contribution < -0.4 is 0 Å². The van der Waals surface area contributed by atoms with Crippen LogP contribution in [0.5, 0.6) is 0 Å². The third-order valence-corrected chi connectivity index (χ3v) is 7.28. The maximum absolute atomic E-state index is 14.1. The summed E-state index contributed by atoms with van der Waals surface area (Å²) in [7, 11) is 0. The summed E-state index contributed by atoms with van der Waals surface area (Å²) in [6, 6.07) is 38.5. The highest BCUT2D eigenvalue weighted by Crippen LogP contribution is 2.44. The predicted octanol–water partition coefficient (Wildman–Crippen LogP) is 6.66. The molecule has 5 heteroatoms. The molecule has 1 fully saturated rings. The second-order valence-corrected chi connectivity index (χ2v) is 11.2. The molecule has 1 aliphatic heterocycles. The second-order valence-electron chi connectivity index (χ2n) is 11.2. The quantitative estimate of drug-likeness (QED) is 0.256. The van der Waals surface area contributed by atoms with Crippen molar-refractivity contribution in [2.45, 2.75) is 56.7 Å². The third-order valence-electron chi connectivity index (χ3n) is 7.28. The Morgan fingerprint density at radius 3 is 1.70 bits per heavy atom. The van der Waals surface area contributed by atoms with Crippen molar-refractivity contribution in [3.63, 3.8) is 0 Å². The van der Waals surface area contributed by atoms with E-state index in [0.29, 0.717) is 12.2 Å². The molecule has 4 aromatic carbocycles. The summed E-state index contributed by atoms with van der Waals surface area (Å²) in [5.74, 6) is -0.704. The van der Waals surface area contributed by atoms with E-state index in [1.807, 2.05) is 123 Å². The molecule has 0 unspecified atom stereocenters. The third kappa shape index (κ3) is 6.18. The first-order valence-corrected chi connectivity index (χ1v) is 13.8. The lowest BCUT2D eigenvalue weighted by atomic mass is 9.87. The Balaban J connectivity index is 1.68. The molecule has 206 valence electrons. The SMILES string of the molecule is CC(C)(C)OC(=O)[C@@H]([C@H](O)c1ccccc1)N1[C@@H](C(c2ccccc2)c2ccccc2)OC[C@H]1c1ccccc1. The molecule has 1 aliphatic rings. The van der Waals surface area contributed by atoms with Crippen molar-refractivity contribution in [1.82, 2.24) is 4.90 Å². The van der Waals surface area contributed by atoms with Crippen molar-refractivity contribution in [2.75, 3.05) is 6.61 Å². The summed E-state index contributed by atoms with van der Waals surface area (Å²) >= 11 is 0. The van der Waals surface area contributed by atoms with Gasteiger partial charge in [-0.05, 0) is 43.0 Å². The number of nitrogens with zero attached hydrogens (tertiary/aromatic N) is 1. The predicted molar refractivity (Wildman–Crippen MR) is 157 cm³/mol. The molecular weight excluding hydrogens is 498 g/mol. The summed E-state index contributed by atoms with van der Waals surface area (Å²) in [5.41, 5.74) is 3.05. The van der Waals surface area contributed by atoms with Crippen molar-refractivity contribution >= 4 is 5.97 Å². The van der Waals surface area contributed by atoms with E-state index in [0.717, 1.165) is 16.7 Å². The monoisotopic (exact) mass is 535 g/mol. The number of esters is 1. The molecule has 5 rings (SSSR count). The van der Waals surface area contributed by atoms with Gasteiger partial charge in [-0.1, -0.05) is 121 Å². The molecule has 1 N–H and O–H groups in total. The van der Waals surface area contributed by atoms with Crippen molar-refractivity contribution in [3.05, 3.63) is 144 Å². The van der Waals surface area contributed by atoms with Gasteiger partial charge in [0.2, 0.25) is 0 Å². The molecule has 0 spiro atoms. The number of hydrogen-bond acceptors (Lipinski definition) is 5. The van der Waals surface area contributed by atoms with E-state index < -0.39 is 29.9 Å². The molecule has 0 saturated carbocycles. The summed E-state index contributed by atoms with van der Waals surface area (Å²) in [4.78, 5) is 16.1. The van der Waals surface area contributed by atoms with Gasteiger partial charge >= 0.3 is 5.97 Å². The molecular formula is C35H37NO4. The van der Waals surface area contributed by atoms with E-state index in [4.69, 9.17) is 9.47 Å². The van der Waals surface area contributed by atoms with Crippen LogP contribution in [0.1, 0.15) is 61.1 Å². The van der Waals surface area contributed by atoms with Crippen LogP contribution in [0.2, 0.25) is 0 Å². The first-order chi connectivity index (χ1) is 19.3. The summed E-state index contributed by atoms with van der Waals surface area (Å²) < 4.78 is 12.6. The summed E-state index contributed by atoms with van der Waals surface area (Å²) in [6.45, 7) is 5.91. The minimum absolute atomic E-state index is 0.218. The molecule has 4 aromatic rings. The van der Waals surface area contributed by atoms with Crippen LogP contribution in [0.15, 0.2) is 121 Å². The zero-order valence-electron chi connectivity index (χ0n) is 23.3. The molecule has 1 heterocycles. The number of aliphatic hydroxyl groups excluding tert-OH is 1. The van der Waals surface area contributed by atoms with Crippen LogP contribution in [-0.4, -0.2) is 40.5 Å². The van der Waals surface area contributed by atoms with Crippen molar-refractivity contribution in [2.24, 2.45) is 0 Å². The number of rotatable bonds is 8. The fraction of sp³-hybridized carbons (Fsp3) is 0.286. The first kappa shape index (κ1) is 27.8. The second kappa shape index (κ2) is 12.2. The fourth-order valence-corrected chi connectivity index (χ4v) is 5.55. The van der Waals surface area contributed by atoms with E-state index in [-0.39, 0.29) is 12.0 Å². The highest BCUT2D eigenvalue weighted by Gasteiger charge is 2.50. The van der Waals surface area contributed by atoms with E-state index in [1.54, 1.807) is 0 Å². The van der Waals surface area contributed by atoms with E-state index in [2.05, 4.69) is 24.3 Å². The Kier molecular flexibility index (Phi) is 8.46. The van der Waals surface area contributed by atoms with Gasteiger partial charge in [-0.25, -0.2) is 0 Å². The van der Waals surface area contributed by atoms with Gasteiger partial charge in [0.15, 0.2) is 0 Å². The number of hydrogen-bond donors (Lipinski definition) is 1. The maximum atomic E-state index is 14.1.